The van der Waals surface area contributed by atoms with Gasteiger partial charge in [0.25, 0.3) is 0 Å². The van der Waals surface area contributed by atoms with Crippen LogP contribution in [0.4, 0.5) is 0 Å². The molecule has 0 saturated heterocycles. The monoisotopic (exact) mass is 668 g/mol. The van der Waals surface area contributed by atoms with Gasteiger partial charge in [-0.2, -0.15) is 0 Å². The van der Waals surface area contributed by atoms with Crippen LogP contribution in [0.5, 0.6) is 0 Å². The van der Waals surface area contributed by atoms with Gasteiger partial charge in [-0.3, -0.25) is 0 Å². The molecule has 0 bridgehead atoms. The first-order valence-corrected chi connectivity index (χ1v) is 19.0. The molecule has 1 aliphatic carbocycles. The summed E-state index contributed by atoms with van der Waals surface area (Å²) in [5, 5.41) is 10.7. The van der Waals surface area contributed by atoms with Gasteiger partial charge in [0.05, 0.1) is 0 Å². The number of aryl methyl sites for hydroxylation is 5. The van der Waals surface area contributed by atoms with Crippen molar-refractivity contribution in [2.75, 3.05) is 0 Å². The van der Waals surface area contributed by atoms with Crippen molar-refractivity contribution in [3.8, 4) is 11.1 Å². The highest BCUT2D eigenvalue weighted by molar-refractivity contribution is 6.02. The SMILES string of the molecule is CC.CC.CC.Cc1c2ccccc2cc2ccccc12.Cc1ccc2c(c1)-c1ccccc1CC2.Cc1cccc2cc3ccccc3cc12. The van der Waals surface area contributed by atoms with Crippen molar-refractivity contribution < 1.29 is 0 Å². The van der Waals surface area contributed by atoms with Gasteiger partial charge >= 0.3 is 0 Å². The molecule has 8 aromatic carbocycles. The van der Waals surface area contributed by atoms with Crippen molar-refractivity contribution in [2.45, 2.75) is 75.2 Å². The fourth-order valence-corrected chi connectivity index (χ4v) is 6.79. The normalized spacial score (nSPS) is 10.7. The van der Waals surface area contributed by atoms with E-state index in [-0.39, 0.29) is 0 Å². The van der Waals surface area contributed by atoms with E-state index in [4.69, 9.17) is 0 Å². The molecule has 0 spiro atoms. The molecule has 0 aromatic heterocycles. The number of hydrogen-bond acceptors (Lipinski definition) is 0. The van der Waals surface area contributed by atoms with E-state index in [1.807, 2.05) is 41.5 Å². The molecule has 0 atom stereocenters. The molecule has 0 amide bonds. The summed E-state index contributed by atoms with van der Waals surface area (Å²) in [6, 6.07) is 54.5. The second kappa shape index (κ2) is 19.3. The first-order valence-electron chi connectivity index (χ1n) is 19.0. The lowest BCUT2D eigenvalue weighted by Crippen LogP contribution is -2.03. The number of hydrogen-bond donors (Lipinski definition) is 0. The molecular weight excluding hydrogens is 613 g/mol. The standard InChI is InChI=1S/2C15H12.C15H14.3C2H6/c1-11-14-8-4-2-6-12(14)10-13-7-3-5-9-15(11)13;1-11-5-4-8-14-9-12-6-2-3-7-13(12)10-15(11)14;1-11-6-7-13-9-8-12-4-2-3-5-14(12)15(13)10-11;3*1-2/h2*2-10H,1H3;2-7,10H,8-9H2,1H3;3*1-2H3. The van der Waals surface area contributed by atoms with E-state index in [2.05, 4.69) is 172 Å². The summed E-state index contributed by atoms with van der Waals surface area (Å²) in [7, 11) is 0. The number of benzene rings is 8. The van der Waals surface area contributed by atoms with E-state index in [1.54, 1.807) is 0 Å². The largest absolute Gasteiger partial charge is 0.0683 e. The highest BCUT2D eigenvalue weighted by Gasteiger charge is 2.14. The molecule has 0 heterocycles. The lowest BCUT2D eigenvalue weighted by molar-refractivity contribution is 0.941. The maximum atomic E-state index is 2.31. The van der Waals surface area contributed by atoms with Gasteiger partial charge in [0.15, 0.2) is 0 Å². The highest BCUT2D eigenvalue weighted by atomic mass is 14.2. The van der Waals surface area contributed by atoms with Crippen LogP contribution in [0, 0.1) is 20.8 Å². The molecule has 0 nitrogen and oxygen atoms in total. The Bertz CT molecular complexity index is 2230. The summed E-state index contributed by atoms with van der Waals surface area (Å²) in [5.74, 6) is 0. The van der Waals surface area contributed by atoms with Crippen molar-refractivity contribution >= 4 is 43.1 Å². The fraction of sp³-hybridized carbons (Fsp3) is 0.216. The molecule has 1 aliphatic rings. The average molecular weight is 669 g/mol. The Labute approximate surface area is 307 Å². The van der Waals surface area contributed by atoms with E-state index in [0.717, 1.165) is 0 Å². The summed E-state index contributed by atoms with van der Waals surface area (Å²) in [4.78, 5) is 0. The van der Waals surface area contributed by atoms with Crippen molar-refractivity contribution in [2.24, 2.45) is 0 Å². The van der Waals surface area contributed by atoms with Gasteiger partial charge in [-0.15, -0.1) is 0 Å². The topological polar surface area (TPSA) is 0 Å². The predicted octanol–water partition coefficient (Wildman–Crippen LogP) is 15.4. The van der Waals surface area contributed by atoms with Crippen LogP contribution >= 0.6 is 0 Å². The zero-order valence-electron chi connectivity index (χ0n) is 32.3. The summed E-state index contributed by atoms with van der Waals surface area (Å²) in [5.41, 5.74) is 9.95. The maximum absolute atomic E-state index is 2.31. The number of fused-ring (bicyclic) bond motifs is 7. The van der Waals surface area contributed by atoms with E-state index in [9.17, 15) is 0 Å². The third-order valence-corrected chi connectivity index (χ3v) is 9.24. The molecule has 0 saturated carbocycles. The summed E-state index contributed by atoms with van der Waals surface area (Å²) in [6.45, 7) is 18.5. The predicted molar refractivity (Wildman–Crippen MR) is 230 cm³/mol. The van der Waals surface area contributed by atoms with Gasteiger partial charge in [0.1, 0.15) is 0 Å². The Balaban J connectivity index is 0.000000160. The fourth-order valence-electron chi connectivity index (χ4n) is 6.79. The first-order chi connectivity index (χ1) is 25.0. The van der Waals surface area contributed by atoms with Crippen LogP contribution in [0.25, 0.3) is 54.2 Å². The molecule has 0 aliphatic heterocycles. The third kappa shape index (κ3) is 9.13. The average Bonchev–Trinajstić information content (AvgIpc) is 3.20. The maximum Gasteiger partial charge on any atom is -0.0146 e. The molecule has 260 valence electrons. The van der Waals surface area contributed by atoms with Crippen LogP contribution in [0.2, 0.25) is 0 Å². The molecule has 0 heteroatoms. The smallest absolute Gasteiger partial charge is 0.0146 e. The van der Waals surface area contributed by atoms with Crippen molar-refractivity contribution in [1.82, 2.24) is 0 Å². The van der Waals surface area contributed by atoms with E-state index >= 15 is 0 Å². The van der Waals surface area contributed by atoms with Gasteiger partial charge < -0.3 is 0 Å². The Morgan fingerprint density at radius 1 is 0.333 bits per heavy atom. The van der Waals surface area contributed by atoms with Gasteiger partial charge in [0.2, 0.25) is 0 Å². The lowest BCUT2D eigenvalue weighted by Gasteiger charge is -2.19. The minimum absolute atomic E-state index is 1.19. The molecule has 0 unspecified atom stereocenters. The van der Waals surface area contributed by atoms with Gasteiger partial charge in [0, 0.05) is 0 Å². The van der Waals surface area contributed by atoms with Crippen LogP contribution in [0.3, 0.4) is 0 Å². The van der Waals surface area contributed by atoms with Gasteiger partial charge in [-0.05, 0) is 128 Å². The molecule has 0 N–H and O–H groups in total. The Morgan fingerprint density at radius 3 is 1.41 bits per heavy atom. The van der Waals surface area contributed by atoms with Crippen LogP contribution in [0.15, 0.2) is 152 Å². The zero-order chi connectivity index (χ0) is 36.8. The van der Waals surface area contributed by atoms with Gasteiger partial charge in [-0.25, -0.2) is 0 Å². The second-order valence-corrected chi connectivity index (χ2v) is 12.3. The quantitative estimate of drug-likeness (QED) is 0.141. The minimum Gasteiger partial charge on any atom is -0.0683 e. The zero-order valence-corrected chi connectivity index (χ0v) is 32.3. The Kier molecular flexibility index (Phi) is 14.6. The molecule has 8 aromatic rings. The molecular formula is C51H56. The first kappa shape index (κ1) is 38.6. The minimum atomic E-state index is 1.19. The summed E-state index contributed by atoms with van der Waals surface area (Å²) >= 11 is 0. The number of rotatable bonds is 0. The summed E-state index contributed by atoms with van der Waals surface area (Å²) < 4.78 is 0. The van der Waals surface area contributed by atoms with Crippen LogP contribution in [-0.2, 0) is 12.8 Å². The lowest BCUT2D eigenvalue weighted by atomic mass is 9.85. The van der Waals surface area contributed by atoms with Crippen molar-refractivity contribution in [1.29, 1.82) is 0 Å². The second-order valence-electron chi connectivity index (χ2n) is 12.3. The Morgan fingerprint density at radius 2 is 0.784 bits per heavy atom. The molecule has 0 fully saturated rings. The molecule has 51 heavy (non-hydrogen) atoms. The van der Waals surface area contributed by atoms with Crippen LogP contribution in [0.1, 0.15) is 69.4 Å². The van der Waals surface area contributed by atoms with E-state index < -0.39 is 0 Å². The van der Waals surface area contributed by atoms with Crippen LogP contribution in [-0.4, -0.2) is 0 Å². The van der Waals surface area contributed by atoms with E-state index in [1.165, 1.54) is 94.9 Å². The van der Waals surface area contributed by atoms with Crippen molar-refractivity contribution in [3.63, 3.8) is 0 Å². The van der Waals surface area contributed by atoms with Crippen molar-refractivity contribution in [3.05, 3.63) is 179 Å². The van der Waals surface area contributed by atoms with Gasteiger partial charge in [-0.1, -0.05) is 181 Å². The highest BCUT2D eigenvalue weighted by Crippen LogP contribution is 2.34. The summed E-state index contributed by atoms with van der Waals surface area (Å²) in [6.07, 6.45) is 2.37. The molecule has 0 radical (unpaired) electrons. The molecule has 9 rings (SSSR count). The van der Waals surface area contributed by atoms with Crippen LogP contribution < -0.4 is 0 Å². The third-order valence-electron chi connectivity index (χ3n) is 9.24. The Hall–Kier alpha value is -5.20. The van der Waals surface area contributed by atoms with E-state index in [0.29, 0.717) is 0 Å².